The van der Waals surface area contributed by atoms with E-state index in [1.54, 1.807) is 12.1 Å². The van der Waals surface area contributed by atoms with Crippen molar-refractivity contribution in [3.05, 3.63) is 76.2 Å². The average Bonchev–Trinajstić information content (AvgIpc) is 3.24. The zero-order chi connectivity index (χ0) is 22.2. The Hall–Kier alpha value is -3.14. The van der Waals surface area contributed by atoms with Crippen molar-refractivity contribution in [2.24, 2.45) is 5.92 Å². The molecule has 2 N–H and O–H groups in total. The van der Waals surface area contributed by atoms with Crippen LogP contribution in [0, 0.1) is 16.0 Å². The summed E-state index contributed by atoms with van der Waals surface area (Å²) >= 11 is 0. The van der Waals surface area contributed by atoms with Crippen LogP contribution in [0.2, 0.25) is 0 Å². The zero-order valence-electron chi connectivity index (χ0n) is 17.5. The lowest BCUT2D eigenvalue weighted by atomic mass is 10.0. The minimum Gasteiger partial charge on any atom is -0.389 e. The third kappa shape index (κ3) is 6.42. The molecule has 2 aromatic carbocycles. The van der Waals surface area contributed by atoms with Crippen LogP contribution in [0.4, 0.5) is 5.69 Å². The van der Waals surface area contributed by atoms with E-state index in [9.17, 15) is 15.2 Å². The molecule has 0 fully saturated rings. The lowest BCUT2D eigenvalue weighted by Gasteiger charge is -2.20. The van der Waals surface area contributed by atoms with Gasteiger partial charge < -0.3 is 19.7 Å². The number of aromatic nitrogens is 2. The minimum absolute atomic E-state index is 0.00216. The maximum atomic E-state index is 10.8. The van der Waals surface area contributed by atoms with Gasteiger partial charge in [0.15, 0.2) is 0 Å². The van der Waals surface area contributed by atoms with Crippen LogP contribution in [0.1, 0.15) is 31.3 Å². The molecule has 1 aromatic heterocycles. The first-order valence-electron chi connectivity index (χ1n) is 10.1. The second-order valence-electron chi connectivity index (χ2n) is 7.54. The van der Waals surface area contributed by atoms with Crippen LogP contribution in [0.25, 0.3) is 11.4 Å². The zero-order valence-corrected chi connectivity index (χ0v) is 17.5. The molecule has 0 radical (unpaired) electrons. The first kappa shape index (κ1) is 22.5. The summed E-state index contributed by atoms with van der Waals surface area (Å²) in [5, 5.41) is 28.3. The van der Waals surface area contributed by atoms with Crippen molar-refractivity contribution in [3.8, 4) is 11.4 Å². The highest BCUT2D eigenvalue weighted by atomic mass is 16.6. The quantitative estimate of drug-likeness (QED) is 0.353. The molecule has 3 rings (SSSR count). The fourth-order valence-electron chi connectivity index (χ4n) is 3.03. The van der Waals surface area contributed by atoms with Gasteiger partial charge in [0.05, 0.1) is 30.3 Å². The Balaban J connectivity index is 1.55. The van der Waals surface area contributed by atoms with Crippen LogP contribution in [-0.2, 0) is 11.3 Å². The van der Waals surface area contributed by atoms with E-state index in [-0.39, 0.29) is 24.3 Å². The van der Waals surface area contributed by atoms with Crippen LogP contribution in [0.5, 0.6) is 0 Å². The van der Waals surface area contributed by atoms with Gasteiger partial charge in [-0.15, -0.1) is 0 Å². The number of aliphatic hydroxyl groups is 1. The van der Waals surface area contributed by atoms with Crippen LogP contribution in [0.15, 0.2) is 59.1 Å². The standard InChI is InChI=1S/C22H26N4O5/c1-15(2)20(23-12-19(27)14-30-13-16-6-4-3-5-7-16)22-24-21(25-31-22)17-8-10-18(11-9-17)26(28)29/h3-11,15,19-20,23,27H,12-14H2,1-2H3/t19-,20-/m1/s1. The summed E-state index contributed by atoms with van der Waals surface area (Å²) in [6.07, 6.45) is -0.693. The van der Waals surface area contributed by atoms with Gasteiger partial charge >= 0.3 is 0 Å². The van der Waals surface area contributed by atoms with E-state index in [1.165, 1.54) is 12.1 Å². The normalized spacial score (nSPS) is 13.3. The second-order valence-corrected chi connectivity index (χ2v) is 7.54. The summed E-state index contributed by atoms with van der Waals surface area (Å²) in [5.74, 6) is 0.868. The Kier molecular flexibility index (Phi) is 7.82. The number of nitrogens with one attached hydrogen (secondary N) is 1. The van der Waals surface area contributed by atoms with Crippen LogP contribution < -0.4 is 5.32 Å². The van der Waals surface area contributed by atoms with Crippen molar-refractivity contribution in [3.63, 3.8) is 0 Å². The van der Waals surface area contributed by atoms with Crippen molar-refractivity contribution in [2.75, 3.05) is 13.2 Å². The molecule has 0 saturated carbocycles. The average molecular weight is 426 g/mol. The van der Waals surface area contributed by atoms with Crippen LogP contribution >= 0.6 is 0 Å². The molecule has 0 aliphatic carbocycles. The number of benzene rings is 2. The Bertz CT molecular complexity index is 960. The molecule has 0 aliphatic heterocycles. The number of hydrogen-bond acceptors (Lipinski definition) is 8. The van der Waals surface area contributed by atoms with E-state index >= 15 is 0 Å². The minimum atomic E-state index is -0.693. The van der Waals surface area contributed by atoms with Gasteiger partial charge in [-0.25, -0.2) is 0 Å². The maximum Gasteiger partial charge on any atom is 0.269 e. The van der Waals surface area contributed by atoms with Gasteiger partial charge in [-0.2, -0.15) is 4.98 Å². The van der Waals surface area contributed by atoms with E-state index < -0.39 is 11.0 Å². The predicted octanol–water partition coefficient (Wildman–Crippen LogP) is 3.51. The van der Waals surface area contributed by atoms with E-state index in [0.717, 1.165) is 5.56 Å². The Morgan fingerprint density at radius 3 is 2.52 bits per heavy atom. The molecular weight excluding hydrogens is 400 g/mol. The third-order valence-corrected chi connectivity index (χ3v) is 4.71. The van der Waals surface area contributed by atoms with E-state index in [0.29, 0.717) is 30.4 Å². The molecule has 0 unspecified atom stereocenters. The molecule has 164 valence electrons. The number of rotatable bonds is 11. The summed E-state index contributed by atoms with van der Waals surface area (Å²) in [6.45, 7) is 4.95. The summed E-state index contributed by atoms with van der Waals surface area (Å²) in [7, 11) is 0. The molecule has 0 amide bonds. The SMILES string of the molecule is CC(C)[C@@H](NC[C@@H](O)COCc1ccccc1)c1nc(-c2ccc([N+](=O)[O-])cc2)no1. The van der Waals surface area contributed by atoms with E-state index in [1.807, 2.05) is 44.2 Å². The van der Waals surface area contributed by atoms with E-state index in [4.69, 9.17) is 9.26 Å². The van der Waals surface area contributed by atoms with Gasteiger partial charge in [-0.1, -0.05) is 49.3 Å². The summed E-state index contributed by atoms with van der Waals surface area (Å²) < 4.78 is 11.0. The molecular formula is C22H26N4O5. The highest BCUT2D eigenvalue weighted by Gasteiger charge is 2.23. The topological polar surface area (TPSA) is 124 Å². The highest BCUT2D eigenvalue weighted by Crippen LogP contribution is 2.24. The number of non-ortho nitro benzene ring substituents is 1. The number of nitro benzene ring substituents is 1. The Morgan fingerprint density at radius 1 is 1.16 bits per heavy atom. The summed E-state index contributed by atoms with van der Waals surface area (Å²) in [5.41, 5.74) is 1.67. The Morgan fingerprint density at radius 2 is 1.87 bits per heavy atom. The molecule has 3 aromatic rings. The van der Waals surface area contributed by atoms with Crippen LogP contribution in [-0.4, -0.2) is 39.4 Å². The summed E-state index contributed by atoms with van der Waals surface area (Å²) in [6, 6.07) is 15.5. The lowest BCUT2D eigenvalue weighted by Crippen LogP contribution is -2.35. The monoisotopic (exact) mass is 426 g/mol. The molecule has 0 aliphatic rings. The second kappa shape index (κ2) is 10.8. The molecule has 9 nitrogen and oxygen atoms in total. The van der Waals surface area contributed by atoms with Gasteiger partial charge in [-0.05, 0) is 23.6 Å². The number of hydrogen-bond donors (Lipinski definition) is 2. The smallest absolute Gasteiger partial charge is 0.269 e. The first-order chi connectivity index (χ1) is 14.9. The van der Waals surface area contributed by atoms with Gasteiger partial charge in [0.2, 0.25) is 11.7 Å². The van der Waals surface area contributed by atoms with Crippen LogP contribution in [0.3, 0.4) is 0 Å². The number of nitro groups is 1. The fourth-order valence-corrected chi connectivity index (χ4v) is 3.03. The van der Waals surface area contributed by atoms with Crippen molar-refractivity contribution in [2.45, 2.75) is 32.6 Å². The summed E-state index contributed by atoms with van der Waals surface area (Å²) in [4.78, 5) is 14.8. The number of ether oxygens (including phenoxy) is 1. The van der Waals surface area contributed by atoms with Gasteiger partial charge in [0.25, 0.3) is 5.69 Å². The molecule has 0 bridgehead atoms. The molecule has 1 heterocycles. The first-order valence-corrected chi connectivity index (χ1v) is 10.1. The highest BCUT2D eigenvalue weighted by molar-refractivity contribution is 5.56. The fraction of sp³-hybridized carbons (Fsp3) is 0.364. The Labute approximate surface area is 180 Å². The predicted molar refractivity (Wildman–Crippen MR) is 114 cm³/mol. The van der Waals surface area contributed by atoms with Crippen molar-refractivity contribution < 1.29 is 19.3 Å². The molecule has 9 heteroatoms. The van der Waals surface area contributed by atoms with Gasteiger partial charge in [0, 0.05) is 24.2 Å². The van der Waals surface area contributed by atoms with Crippen molar-refractivity contribution in [1.82, 2.24) is 15.5 Å². The van der Waals surface area contributed by atoms with Gasteiger partial charge in [-0.3, -0.25) is 10.1 Å². The maximum absolute atomic E-state index is 10.8. The third-order valence-electron chi connectivity index (χ3n) is 4.71. The molecule has 2 atom stereocenters. The number of aliphatic hydroxyl groups excluding tert-OH is 1. The molecule has 31 heavy (non-hydrogen) atoms. The molecule has 0 saturated heterocycles. The molecule has 0 spiro atoms. The van der Waals surface area contributed by atoms with Gasteiger partial charge in [0.1, 0.15) is 0 Å². The largest absolute Gasteiger partial charge is 0.389 e. The number of nitrogens with zero attached hydrogens (tertiary/aromatic N) is 3. The lowest BCUT2D eigenvalue weighted by molar-refractivity contribution is -0.384. The van der Waals surface area contributed by atoms with E-state index in [2.05, 4.69) is 15.5 Å². The van der Waals surface area contributed by atoms with Crippen molar-refractivity contribution in [1.29, 1.82) is 0 Å². The van der Waals surface area contributed by atoms with Crippen molar-refractivity contribution >= 4 is 5.69 Å².